The molecule has 0 fully saturated rings. The predicted molar refractivity (Wildman–Crippen MR) is 245 cm³/mol. The number of furan rings is 2. The Bertz CT molecular complexity index is 3500. The molecule has 0 N–H and O–H groups in total. The molecule has 12 aromatic rings. The molecule has 272 valence electrons. The fourth-order valence-electron chi connectivity index (χ4n) is 8.76. The SMILES string of the molecule is c1ccc(-c2cccc3c2oc2ccc(-c4ccc(N(c5ccc(-c6cccc7c6oc6ccccc67)cc5)c5cccc6sc7ccccc7c56)cc4)cc23)cc1. The second-order valence-corrected chi connectivity index (χ2v) is 15.9. The highest BCUT2D eigenvalue weighted by Gasteiger charge is 2.20. The van der Waals surface area contributed by atoms with Crippen molar-refractivity contribution in [3.8, 4) is 33.4 Å². The van der Waals surface area contributed by atoms with Crippen molar-refractivity contribution in [3.63, 3.8) is 0 Å². The molecule has 0 spiro atoms. The van der Waals surface area contributed by atoms with Gasteiger partial charge >= 0.3 is 0 Å². The molecule has 3 aromatic heterocycles. The second-order valence-electron chi connectivity index (χ2n) is 14.8. The van der Waals surface area contributed by atoms with Gasteiger partial charge in [-0.1, -0.05) is 140 Å². The first-order chi connectivity index (χ1) is 28.7. The smallest absolute Gasteiger partial charge is 0.143 e. The Hall–Kier alpha value is -7.40. The van der Waals surface area contributed by atoms with Crippen LogP contribution in [0.15, 0.2) is 209 Å². The lowest BCUT2D eigenvalue weighted by Crippen LogP contribution is -2.10. The molecule has 9 aromatic carbocycles. The molecule has 3 heterocycles. The summed E-state index contributed by atoms with van der Waals surface area (Å²) in [4.78, 5) is 2.40. The van der Waals surface area contributed by atoms with Gasteiger partial charge in [0.1, 0.15) is 22.3 Å². The maximum absolute atomic E-state index is 6.50. The van der Waals surface area contributed by atoms with Gasteiger partial charge in [0.05, 0.1) is 5.69 Å². The summed E-state index contributed by atoms with van der Waals surface area (Å²) >= 11 is 1.84. The minimum absolute atomic E-state index is 0.890. The zero-order valence-corrected chi connectivity index (χ0v) is 32.0. The maximum Gasteiger partial charge on any atom is 0.143 e. The average Bonchev–Trinajstić information content (AvgIpc) is 3.99. The van der Waals surface area contributed by atoms with E-state index in [9.17, 15) is 0 Å². The van der Waals surface area contributed by atoms with Crippen LogP contribution in [0.2, 0.25) is 0 Å². The molecule has 0 unspecified atom stereocenters. The third-order valence-corrected chi connectivity index (χ3v) is 12.6. The lowest BCUT2D eigenvalue weighted by atomic mass is 9.99. The van der Waals surface area contributed by atoms with Gasteiger partial charge in [-0.25, -0.2) is 0 Å². The predicted octanol–water partition coefficient (Wildman–Crippen LogP) is 16.3. The highest BCUT2D eigenvalue weighted by atomic mass is 32.1. The van der Waals surface area contributed by atoms with Crippen molar-refractivity contribution in [2.45, 2.75) is 0 Å². The molecule has 3 nitrogen and oxygen atoms in total. The van der Waals surface area contributed by atoms with Gasteiger partial charge in [-0.3, -0.25) is 0 Å². The Morgan fingerprint density at radius 2 is 0.879 bits per heavy atom. The van der Waals surface area contributed by atoms with Gasteiger partial charge in [0.25, 0.3) is 0 Å². The molecular formula is C54H33NO2S. The van der Waals surface area contributed by atoms with Crippen LogP contribution in [0, 0.1) is 0 Å². The summed E-state index contributed by atoms with van der Waals surface area (Å²) in [6.07, 6.45) is 0. The number of hydrogen-bond donors (Lipinski definition) is 0. The third kappa shape index (κ3) is 5.19. The fraction of sp³-hybridized carbons (Fsp3) is 0. The standard InChI is InChI=1S/C54H33NO2S/c1-2-11-35(12-3-1)40-15-9-18-44-46-33-37(27-32-49(46)57-54(40)44)34-23-28-38(29-24-34)55(47-19-10-22-51-52(47)45-14-5-7-21-50(45)58-51)39-30-25-36(26-31-39)41-16-8-17-43-42-13-4-6-20-48(42)56-53(41)43/h1-33H. The summed E-state index contributed by atoms with van der Waals surface area (Å²) in [7, 11) is 0. The maximum atomic E-state index is 6.50. The van der Waals surface area contributed by atoms with Crippen LogP contribution < -0.4 is 4.90 Å². The Kier molecular flexibility index (Phi) is 7.40. The zero-order valence-electron chi connectivity index (χ0n) is 31.2. The van der Waals surface area contributed by atoms with Crippen molar-refractivity contribution in [1.29, 1.82) is 0 Å². The van der Waals surface area contributed by atoms with Crippen LogP contribution in [0.25, 0.3) is 97.4 Å². The van der Waals surface area contributed by atoms with E-state index in [1.807, 2.05) is 29.5 Å². The van der Waals surface area contributed by atoms with E-state index in [1.54, 1.807) is 0 Å². The van der Waals surface area contributed by atoms with Crippen LogP contribution in [-0.4, -0.2) is 0 Å². The molecule has 12 rings (SSSR count). The number of benzene rings is 9. The molecule has 58 heavy (non-hydrogen) atoms. The Balaban J connectivity index is 0.970. The van der Waals surface area contributed by atoms with Gasteiger partial charge in [-0.15, -0.1) is 11.3 Å². The molecule has 0 aliphatic rings. The van der Waals surface area contributed by atoms with Crippen molar-refractivity contribution in [2.75, 3.05) is 4.90 Å². The van der Waals surface area contributed by atoms with E-state index in [1.165, 1.54) is 20.2 Å². The summed E-state index contributed by atoms with van der Waals surface area (Å²) in [5.41, 5.74) is 13.7. The van der Waals surface area contributed by atoms with Crippen molar-refractivity contribution < 1.29 is 8.83 Å². The van der Waals surface area contributed by atoms with E-state index in [0.717, 1.165) is 94.3 Å². The van der Waals surface area contributed by atoms with Crippen molar-refractivity contribution in [2.24, 2.45) is 0 Å². The second kappa shape index (κ2) is 13.1. The molecule has 0 saturated carbocycles. The summed E-state index contributed by atoms with van der Waals surface area (Å²) in [5.74, 6) is 0. The van der Waals surface area contributed by atoms with Gasteiger partial charge in [0.15, 0.2) is 0 Å². The number of hydrogen-bond acceptors (Lipinski definition) is 4. The molecule has 0 amide bonds. The van der Waals surface area contributed by atoms with E-state index < -0.39 is 0 Å². The van der Waals surface area contributed by atoms with Crippen LogP contribution in [0.3, 0.4) is 0 Å². The van der Waals surface area contributed by atoms with Crippen LogP contribution in [0.5, 0.6) is 0 Å². The normalized spacial score (nSPS) is 11.8. The van der Waals surface area contributed by atoms with Crippen LogP contribution in [0.4, 0.5) is 17.1 Å². The average molecular weight is 760 g/mol. The molecule has 0 radical (unpaired) electrons. The summed E-state index contributed by atoms with van der Waals surface area (Å²) < 4.78 is 15.5. The summed E-state index contributed by atoms with van der Waals surface area (Å²) in [6, 6.07) is 71.4. The summed E-state index contributed by atoms with van der Waals surface area (Å²) in [6.45, 7) is 0. The van der Waals surface area contributed by atoms with Gasteiger partial charge in [-0.2, -0.15) is 0 Å². The number of anilines is 3. The minimum atomic E-state index is 0.890. The first-order valence-electron chi connectivity index (χ1n) is 19.6. The molecule has 0 aliphatic heterocycles. The van der Waals surface area contributed by atoms with Gasteiger partial charge < -0.3 is 13.7 Å². The number of para-hydroxylation sites is 3. The van der Waals surface area contributed by atoms with Crippen LogP contribution in [-0.2, 0) is 0 Å². The van der Waals surface area contributed by atoms with Crippen molar-refractivity contribution in [3.05, 3.63) is 200 Å². The van der Waals surface area contributed by atoms with E-state index in [0.29, 0.717) is 0 Å². The van der Waals surface area contributed by atoms with Gasteiger partial charge in [0, 0.05) is 64.2 Å². The Labute approximate surface area is 338 Å². The lowest BCUT2D eigenvalue weighted by molar-refractivity contribution is 0.669. The van der Waals surface area contributed by atoms with E-state index in [4.69, 9.17) is 8.83 Å². The quantitative estimate of drug-likeness (QED) is 0.169. The largest absolute Gasteiger partial charge is 0.455 e. The van der Waals surface area contributed by atoms with E-state index in [-0.39, 0.29) is 0 Å². The number of rotatable bonds is 6. The molecule has 0 atom stereocenters. The zero-order chi connectivity index (χ0) is 38.2. The minimum Gasteiger partial charge on any atom is -0.455 e. The first-order valence-corrected chi connectivity index (χ1v) is 20.4. The van der Waals surface area contributed by atoms with E-state index in [2.05, 4.69) is 187 Å². The Morgan fingerprint density at radius 3 is 1.62 bits per heavy atom. The fourth-order valence-corrected chi connectivity index (χ4v) is 9.89. The molecule has 0 bridgehead atoms. The van der Waals surface area contributed by atoms with Crippen LogP contribution in [0.1, 0.15) is 0 Å². The van der Waals surface area contributed by atoms with Gasteiger partial charge in [-0.05, 0) is 82.9 Å². The Morgan fingerprint density at radius 1 is 0.345 bits per heavy atom. The molecule has 0 aliphatic carbocycles. The highest BCUT2D eigenvalue weighted by Crippen LogP contribution is 2.46. The highest BCUT2D eigenvalue weighted by molar-refractivity contribution is 7.26. The molecular weight excluding hydrogens is 727 g/mol. The lowest BCUT2D eigenvalue weighted by Gasteiger charge is -2.27. The monoisotopic (exact) mass is 759 g/mol. The first kappa shape index (κ1) is 32.8. The molecule has 0 saturated heterocycles. The summed E-state index contributed by atoms with van der Waals surface area (Å²) in [5, 5.41) is 7.03. The number of thiophene rings is 1. The van der Waals surface area contributed by atoms with Crippen molar-refractivity contribution >= 4 is 92.4 Å². The molecule has 4 heteroatoms. The number of nitrogens with zero attached hydrogens (tertiary/aromatic N) is 1. The third-order valence-electron chi connectivity index (χ3n) is 11.5. The number of fused-ring (bicyclic) bond motifs is 9. The van der Waals surface area contributed by atoms with Crippen molar-refractivity contribution in [1.82, 2.24) is 0 Å². The van der Waals surface area contributed by atoms with Crippen LogP contribution >= 0.6 is 11.3 Å². The topological polar surface area (TPSA) is 29.5 Å². The van der Waals surface area contributed by atoms with E-state index >= 15 is 0 Å². The van der Waals surface area contributed by atoms with Gasteiger partial charge in [0.2, 0.25) is 0 Å².